The Morgan fingerprint density at radius 1 is 1.35 bits per heavy atom. The monoisotopic (exact) mass is 275 g/mol. The summed E-state index contributed by atoms with van der Waals surface area (Å²) in [7, 11) is 1.63. The number of hydrogen-bond donors (Lipinski definition) is 0. The minimum atomic E-state index is -0.303. The molecule has 2 aliphatic heterocycles. The van der Waals surface area contributed by atoms with E-state index in [1.165, 1.54) is 0 Å². The number of hydrogen-bond acceptors (Lipinski definition) is 4. The summed E-state index contributed by atoms with van der Waals surface area (Å²) in [4.78, 5) is 14.8. The third-order valence-electron chi connectivity index (χ3n) is 4.51. The standard InChI is InChI=1S/C16H21NO3/c1-3-17-8-6-16(7-9-17)11-14(18)13-5-4-12(19-2)10-15(13)20-16/h4-5,10H,3,6-9,11H2,1-2H3. The predicted molar refractivity (Wildman–Crippen MR) is 76.6 cm³/mol. The van der Waals surface area contributed by atoms with Crippen molar-refractivity contribution in [2.45, 2.75) is 31.8 Å². The van der Waals surface area contributed by atoms with Crippen LogP contribution in [0, 0.1) is 0 Å². The highest BCUT2D eigenvalue weighted by molar-refractivity contribution is 6.00. The van der Waals surface area contributed by atoms with Crippen molar-refractivity contribution in [1.82, 2.24) is 4.90 Å². The van der Waals surface area contributed by atoms with Crippen molar-refractivity contribution in [1.29, 1.82) is 0 Å². The summed E-state index contributed by atoms with van der Waals surface area (Å²) >= 11 is 0. The molecule has 1 fully saturated rings. The summed E-state index contributed by atoms with van der Waals surface area (Å²) in [6.07, 6.45) is 2.34. The molecule has 2 aliphatic rings. The molecular weight excluding hydrogens is 254 g/mol. The first-order valence-electron chi connectivity index (χ1n) is 7.28. The molecule has 1 aromatic rings. The molecule has 0 bridgehead atoms. The number of Topliss-reactive ketones (excluding diaryl/α,β-unsaturated/α-hetero) is 1. The number of carbonyl (C=O) groups is 1. The van der Waals surface area contributed by atoms with Gasteiger partial charge in [0.05, 0.1) is 19.1 Å². The molecule has 4 heteroatoms. The lowest BCUT2D eigenvalue weighted by Crippen LogP contribution is -2.50. The van der Waals surface area contributed by atoms with Crippen molar-refractivity contribution in [3.63, 3.8) is 0 Å². The molecule has 0 amide bonds. The fraction of sp³-hybridized carbons (Fsp3) is 0.562. The Morgan fingerprint density at radius 3 is 2.75 bits per heavy atom. The number of nitrogens with zero attached hydrogens (tertiary/aromatic N) is 1. The Hall–Kier alpha value is -1.55. The van der Waals surface area contributed by atoms with E-state index in [9.17, 15) is 4.79 Å². The molecule has 4 nitrogen and oxygen atoms in total. The Bertz CT molecular complexity index is 518. The van der Waals surface area contributed by atoms with E-state index in [1.54, 1.807) is 7.11 Å². The average molecular weight is 275 g/mol. The summed E-state index contributed by atoms with van der Waals surface area (Å²) in [6.45, 7) is 5.24. The van der Waals surface area contributed by atoms with Gasteiger partial charge in [0.15, 0.2) is 5.78 Å². The van der Waals surface area contributed by atoms with Crippen LogP contribution < -0.4 is 9.47 Å². The third-order valence-corrected chi connectivity index (χ3v) is 4.51. The molecule has 1 saturated heterocycles. The van der Waals surface area contributed by atoms with Crippen molar-refractivity contribution >= 4 is 5.78 Å². The molecule has 108 valence electrons. The second-order valence-electron chi connectivity index (χ2n) is 5.68. The molecule has 0 saturated carbocycles. The van der Waals surface area contributed by atoms with E-state index >= 15 is 0 Å². The van der Waals surface area contributed by atoms with Gasteiger partial charge in [-0.15, -0.1) is 0 Å². The van der Waals surface area contributed by atoms with Crippen molar-refractivity contribution in [2.24, 2.45) is 0 Å². The maximum atomic E-state index is 12.4. The fourth-order valence-electron chi connectivity index (χ4n) is 3.16. The summed E-state index contributed by atoms with van der Waals surface area (Å²) < 4.78 is 11.5. The van der Waals surface area contributed by atoms with Crippen molar-refractivity contribution in [3.05, 3.63) is 23.8 Å². The van der Waals surface area contributed by atoms with E-state index in [2.05, 4.69) is 11.8 Å². The lowest BCUT2D eigenvalue weighted by molar-refractivity contribution is -0.00792. The van der Waals surface area contributed by atoms with Gasteiger partial charge in [-0.2, -0.15) is 0 Å². The normalized spacial score (nSPS) is 21.4. The quantitative estimate of drug-likeness (QED) is 0.831. The van der Waals surface area contributed by atoms with E-state index in [-0.39, 0.29) is 11.4 Å². The number of ketones is 1. The Kier molecular flexibility index (Phi) is 3.42. The van der Waals surface area contributed by atoms with Gasteiger partial charge < -0.3 is 14.4 Å². The lowest BCUT2D eigenvalue weighted by Gasteiger charge is -2.43. The molecule has 0 unspecified atom stereocenters. The van der Waals surface area contributed by atoms with Crippen LogP contribution in [0.4, 0.5) is 0 Å². The van der Waals surface area contributed by atoms with Gasteiger partial charge in [-0.3, -0.25) is 4.79 Å². The molecule has 0 aliphatic carbocycles. The zero-order valence-corrected chi connectivity index (χ0v) is 12.1. The van der Waals surface area contributed by atoms with Gasteiger partial charge in [0.1, 0.15) is 17.1 Å². The van der Waals surface area contributed by atoms with Gasteiger partial charge in [-0.05, 0) is 18.7 Å². The molecule has 0 atom stereocenters. The van der Waals surface area contributed by atoms with Crippen LogP contribution in [-0.2, 0) is 0 Å². The molecular formula is C16H21NO3. The first kappa shape index (κ1) is 13.4. The number of ether oxygens (including phenoxy) is 2. The molecule has 0 N–H and O–H groups in total. The molecule has 1 spiro atoms. The van der Waals surface area contributed by atoms with Crippen molar-refractivity contribution < 1.29 is 14.3 Å². The third kappa shape index (κ3) is 2.29. The summed E-state index contributed by atoms with van der Waals surface area (Å²) in [5, 5.41) is 0. The molecule has 20 heavy (non-hydrogen) atoms. The molecule has 0 radical (unpaired) electrons. The highest BCUT2D eigenvalue weighted by Gasteiger charge is 2.42. The van der Waals surface area contributed by atoms with Crippen LogP contribution in [0.25, 0.3) is 0 Å². The fourth-order valence-corrected chi connectivity index (χ4v) is 3.16. The van der Waals surface area contributed by atoms with Crippen LogP contribution in [0.5, 0.6) is 11.5 Å². The van der Waals surface area contributed by atoms with Crippen LogP contribution in [0.3, 0.4) is 0 Å². The number of methoxy groups -OCH3 is 1. The minimum Gasteiger partial charge on any atom is -0.497 e. The zero-order valence-electron chi connectivity index (χ0n) is 12.1. The number of rotatable bonds is 2. The number of benzene rings is 1. The van der Waals surface area contributed by atoms with E-state index in [1.807, 2.05) is 18.2 Å². The van der Waals surface area contributed by atoms with Gasteiger partial charge >= 0.3 is 0 Å². The smallest absolute Gasteiger partial charge is 0.170 e. The van der Waals surface area contributed by atoms with E-state index in [0.717, 1.165) is 38.2 Å². The summed E-state index contributed by atoms with van der Waals surface area (Å²) in [5.41, 5.74) is 0.386. The predicted octanol–water partition coefficient (Wildman–Crippen LogP) is 2.51. The van der Waals surface area contributed by atoms with Gasteiger partial charge in [-0.25, -0.2) is 0 Å². The number of carbonyl (C=O) groups excluding carboxylic acids is 1. The van der Waals surface area contributed by atoms with Crippen LogP contribution in [0.2, 0.25) is 0 Å². The Morgan fingerprint density at radius 2 is 2.10 bits per heavy atom. The van der Waals surface area contributed by atoms with Crippen LogP contribution in [0.15, 0.2) is 18.2 Å². The van der Waals surface area contributed by atoms with Crippen LogP contribution >= 0.6 is 0 Å². The largest absolute Gasteiger partial charge is 0.497 e. The van der Waals surface area contributed by atoms with E-state index in [0.29, 0.717) is 17.7 Å². The van der Waals surface area contributed by atoms with E-state index in [4.69, 9.17) is 9.47 Å². The Labute approximate surface area is 119 Å². The lowest BCUT2D eigenvalue weighted by atomic mass is 9.82. The highest BCUT2D eigenvalue weighted by Crippen LogP contribution is 2.40. The van der Waals surface area contributed by atoms with Gasteiger partial charge in [0.2, 0.25) is 0 Å². The summed E-state index contributed by atoms with van der Waals surface area (Å²) in [5.74, 6) is 1.61. The number of fused-ring (bicyclic) bond motifs is 1. The maximum Gasteiger partial charge on any atom is 0.170 e. The van der Waals surface area contributed by atoms with Crippen molar-refractivity contribution in [2.75, 3.05) is 26.7 Å². The van der Waals surface area contributed by atoms with Crippen molar-refractivity contribution in [3.8, 4) is 11.5 Å². The van der Waals surface area contributed by atoms with E-state index < -0.39 is 0 Å². The molecule has 2 heterocycles. The first-order chi connectivity index (χ1) is 9.65. The Balaban J connectivity index is 1.86. The second kappa shape index (κ2) is 5.09. The highest BCUT2D eigenvalue weighted by atomic mass is 16.5. The number of piperidine rings is 1. The van der Waals surface area contributed by atoms with Gasteiger partial charge in [0.25, 0.3) is 0 Å². The van der Waals surface area contributed by atoms with Gasteiger partial charge in [-0.1, -0.05) is 6.92 Å². The maximum absolute atomic E-state index is 12.4. The molecule has 3 rings (SSSR count). The second-order valence-corrected chi connectivity index (χ2v) is 5.68. The number of likely N-dealkylation sites (tertiary alicyclic amines) is 1. The molecule has 1 aromatic carbocycles. The zero-order chi connectivity index (χ0) is 14.2. The molecule has 0 aromatic heterocycles. The SMILES string of the molecule is CCN1CCC2(CC1)CC(=O)c1ccc(OC)cc1O2. The minimum absolute atomic E-state index is 0.193. The van der Waals surface area contributed by atoms with Gasteiger partial charge in [0, 0.05) is 32.0 Å². The average Bonchev–Trinajstić information content (AvgIpc) is 2.47. The first-order valence-corrected chi connectivity index (χ1v) is 7.28. The summed E-state index contributed by atoms with van der Waals surface area (Å²) in [6, 6.07) is 5.46. The topological polar surface area (TPSA) is 38.8 Å². The van der Waals surface area contributed by atoms with Crippen LogP contribution in [0.1, 0.15) is 36.5 Å². The van der Waals surface area contributed by atoms with Crippen LogP contribution in [-0.4, -0.2) is 43.0 Å².